The summed E-state index contributed by atoms with van der Waals surface area (Å²) in [6.07, 6.45) is 6.50. The minimum absolute atomic E-state index is 0.342. The van der Waals surface area contributed by atoms with Gasteiger partial charge < -0.3 is 5.11 Å². The van der Waals surface area contributed by atoms with Crippen LogP contribution < -0.4 is 0 Å². The molecule has 0 saturated heterocycles. The van der Waals surface area contributed by atoms with E-state index in [9.17, 15) is 5.11 Å². The summed E-state index contributed by atoms with van der Waals surface area (Å²) in [5.74, 6) is 0.918. The first-order valence-corrected chi connectivity index (χ1v) is 5.18. The van der Waals surface area contributed by atoms with E-state index in [1.807, 2.05) is 19.1 Å². The lowest BCUT2D eigenvalue weighted by molar-refractivity contribution is 0.474. The molecule has 1 unspecified atom stereocenters. The highest BCUT2D eigenvalue weighted by Crippen LogP contribution is 2.25. The molecule has 1 aromatic carbocycles. The van der Waals surface area contributed by atoms with Crippen LogP contribution in [0.2, 0.25) is 0 Å². The van der Waals surface area contributed by atoms with Gasteiger partial charge in [-0.1, -0.05) is 31.2 Å². The van der Waals surface area contributed by atoms with E-state index in [0.717, 1.165) is 12.8 Å². The van der Waals surface area contributed by atoms with Crippen molar-refractivity contribution in [2.75, 3.05) is 0 Å². The molecular weight excluding hydrogens is 172 g/mol. The summed E-state index contributed by atoms with van der Waals surface area (Å²) in [4.78, 5) is 0. The smallest absolute Gasteiger partial charge is 0.115 e. The molecule has 1 nitrogen and oxygen atoms in total. The molecule has 1 aromatic rings. The van der Waals surface area contributed by atoms with Gasteiger partial charge in [-0.2, -0.15) is 0 Å². The predicted octanol–water partition coefficient (Wildman–Crippen LogP) is 3.85. The molecule has 0 bridgehead atoms. The molecule has 76 valence electrons. The third kappa shape index (κ3) is 2.91. The van der Waals surface area contributed by atoms with Crippen LogP contribution in [-0.4, -0.2) is 5.11 Å². The summed E-state index contributed by atoms with van der Waals surface area (Å²) in [6.45, 7) is 4.24. The highest BCUT2D eigenvalue weighted by atomic mass is 16.3. The standard InChI is InChI=1S/C13H18O/c1-3-5-6-11(4-2)12-7-9-13(14)10-8-12/h3,5,7-11,14H,4,6H2,1-2H3/b5-3-. The zero-order valence-electron chi connectivity index (χ0n) is 8.90. The fraction of sp³-hybridized carbons (Fsp3) is 0.385. The van der Waals surface area contributed by atoms with E-state index >= 15 is 0 Å². The topological polar surface area (TPSA) is 20.2 Å². The first-order chi connectivity index (χ1) is 6.77. The van der Waals surface area contributed by atoms with Gasteiger partial charge in [-0.25, -0.2) is 0 Å². The molecule has 0 saturated carbocycles. The van der Waals surface area contributed by atoms with E-state index in [1.54, 1.807) is 12.1 Å². The minimum Gasteiger partial charge on any atom is -0.508 e. The first kappa shape index (κ1) is 10.8. The Kier molecular flexibility index (Phi) is 4.24. The molecule has 0 fully saturated rings. The van der Waals surface area contributed by atoms with E-state index in [0.29, 0.717) is 11.7 Å². The van der Waals surface area contributed by atoms with Gasteiger partial charge in [0.25, 0.3) is 0 Å². The second kappa shape index (κ2) is 5.48. The Labute approximate surface area is 86.1 Å². The van der Waals surface area contributed by atoms with Crippen LogP contribution >= 0.6 is 0 Å². The predicted molar refractivity (Wildman–Crippen MR) is 60.6 cm³/mol. The van der Waals surface area contributed by atoms with E-state index in [-0.39, 0.29) is 0 Å². The zero-order chi connectivity index (χ0) is 10.4. The summed E-state index contributed by atoms with van der Waals surface area (Å²) in [5.41, 5.74) is 1.31. The largest absolute Gasteiger partial charge is 0.508 e. The number of phenolic OH excluding ortho intramolecular Hbond substituents is 1. The fourth-order valence-electron chi connectivity index (χ4n) is 1.59. The number of benzene rings is 1. The van der Waals surface area contributed by atoms with Crippen LogP contribution in [-0.2, 0) is 0 Å². The highest BCUT2D eigenvalue weighted by Gasteiger charge is 2.06. The number of hydrogen-bond donors (Lipinski definition) is 1. The molecule has 1 rings (SSSR count). The van der Waals surface area contributed by atoms with Gasteiger partial charge in [0.1, 0.15) is 5.75 Å². The van der Waals surface area contributed by atoms with Gasteiger partial charge in [0.05, 0.1) is 0 Å². The van der Waals surface area contributed by atoms with Crippen LogP contribution in [0, 0.1) is 0 Å². The van der Waals surface area contributed by atoms with Crippen LogP contribution in [0.1, 0.15) is 38.2 Å². The number of phenols is 1. The lowest BCUT2D eigenvalue weighted by atomic mass is 9.93. The van der Waals surface area contributed by atoms with Crippen LogP contribution in [0.15, 0.2) is 36.4 Å². The van der Waals surface area contributed by atoms with Crippen LogP contribution in [0.4, 0.5) is 0 Å². The Hall–Kier alpha value is -1.24. The second-order valence-corrected chi connectivity index (χ2v) is 3.50. The Morgan fingerprint density at radius 3 is 2.43 bits per heavy atom. The summed E-state index contributed by atoms with van der Waals surface area (Å²) in [7, 11) is 0. The molecule has 0 spiro atoms. The molecule has 0 radical (unpaired) electrons. The molecule has 0 aliphatic heterocycles. The number of allylic oxidation sites excluding steroid dienone is 2. The Bertz CT molecular complexity index is 285. The SMILES string of the molecule is C/C=C\CC(CC)c1ccc(O)cc1. The summed E-state index contributed by atoms with van der Waals surface area (Å²) >= 11 is 0. The van der Waals surface area contributed by atoms with Crippen molar-refractivity contribution in [3.05, 3.63) is 42.0 Å². The van der Waals surface area contributed by atoms with Crippen molar-refractivity contribution >= 4 is 0 Å². The Morgan fingerprint density at radius 1 is 1.29 bits per heavy atom. The van der Waals surface area contributed by atoms with E-state index in [1.165, 1.54) is 5.56 Å². The van der Waals surface area contributed by atoms with E-state index in [2.05, 4.69) is 19.1 Å². The van der Waals surface area contributed by atoms with E-state index < -0.39 is 0 Å². The van der Waals surface area contributed by atoms with Gasteiger partial charge in [-0.05, 0) is 43.4 Å². The van der Waals surface area contributed by atoms with Crippen molar-refractivity contribution < 1.29 is 5.11 Å². The minimum atomic E-state index is 0.342. The lowest BCUT2D eigenvalue weighted by Crippen LogP contribution is -1.94. The molecule has 0 heterocycles. The van der Waals surface area contributed by atoms with Gasteiger partial charge >= 0.3 is 0 Å². The fourth-order valence-corrected chi connectivity index (χ4v) is 1.59. The summed E-state index contributed by atoms with van der Waals surface area (Å²) in [6, 6.07) is 7.53. The van der Waals surface area contributed by atoms with Crippen LogP contribution in [0.25, 0.3) is 0 Å². The molecule has 0 aromatic heterocycles. The maximum atomic E-state index is 9.17. The lowest BCUT2D eigenvalue weighted by Gasteiger charge is -2.12. The monoisotopic (exact) mass is 190 g/mol. The quantitative estimate of drug-likeness (QED) is 0.715. The Balaban J connectivity index is 2.73. The third-order valence-electron chi connectivity index (χ3n) is 2.51. The van der Waals surface area contributed by atoms with Gasteiger partial charge in [0, 0.05) is 0 Å². The third-order valence-corrected chi connectivity index (χ3v) is 2.51. The highest BCUT2D eigenvalue weighted by molar-refractivity contribution is 5.28. The molecule has 14 heavy (non-hydrogen) atoms. The second-order valence-electron chi connectivity index (χ2n) is 3.50. The van der Waals surface area contributed by atoms with Crippen molar-refractivity contribution in [3.63, 3.8) is 0 Å². The molecular formula is C13H18O. The number of hydrogen-bond acceptors (Lipinski definition) is 1. The first-order valence-electron chi connectivity index (χ1n) is 5.18. The average Bonchev–Trinajstić information content (AvgIpc) is 2.21. The van der Waals surface area contributed by atoms with E-state index in [4.69, 9.17) is 0 Å². The maximum Gasteiger partial charge on any atom is 0.115 e. The van der Waals surface area contributed by atoms with Gasteiger partial charge in [-0.15, -0.1) is 0 Å². The maximum absolute atomic E-state index is 9.17. The van der Waals surface area contributed by atoms with Gasteiger partial charge in [0.2, 0.25) is 0 Å². The average molecular weight is 190 g/mol. The summed E-state index contributed by atoms with van der Waals surface area (Å²) in [5, 5.41) is 9.17. The van der Waals surface area contributed by atoms with Gasteiger partial charge in [0.15, 0.2) is 0 Å². The molecule has 1 heteroatoms. The van der Waals surface area contributed by atoms with Crippen LogP contribution in [0.5, 0.6) is 5.75 Å². The van der Waals surface area contributed by atoms with Crippen molar-refractivity contribution in [3.8, 4) is 5.75 Å². The number of aromatic hydroxyl groups is 1. The van der Waals surface area contributed by atoms with Crippen molar-refractivity contribution in [1.29, 1.82) is 0 Å². The number of rotatable bonds is 4. The molecule has 0 aliphatic carbocycles. The van der Waals surface area contributed by atoms with Gasteiger partial charge in [-0.3, -0.25) is 0 Å². The van der Waals surface area contributed by atoms with Crippen molar-refractivity contribution in [1.82, 2.24) is 0 Å². The molecule has 0 aliphatic rings. The normalized spacial score (nSPS) is 13.3. The van der Waals surface area contributed by atoms with Crippen molar-refractivity contribution in [2.45, 2.75) is 32.6 Å². The molecule has 0 amide bonds. The van der Waals surface area contributed by atoms with Crippen LogP contribution in [0.3, 0.4) is 0 Å². The molecule has 1 N–H and O–H groups in total. The Morgan fingerprint density at radius 2 is 1.93 bits per heavy atom. The van der Waals surface area contributed by atoms with Crippen molar-refractivity contribution in [2.24, 2.45) is 0 Å². The summed E-state index contributed by atoms with van der Waals surface area (Å²) < 4.78 is 0. The zero-order valence-corrected chi connectivity index (χ0v) is 8.90. The molecule has 1 atom stereocenters.